The minimum absolute atomic E-state index is 0.124. The molecule has 1 atom stereocenters. The lowest BCUT2D eigenvalue weighted by Gasteiger charge is -2.15. The summed E-state index contributed by atoms with van der Waals surface area (Å²) in [5.41, 5.74) is 3.41. The van der Waals surface area contributed by atoms with Crippen LogP contribution in [-0.2, 0) is 11.3 Å². The van der Waals surface area contributed by atoms with Gasteiger partial charge >= 0.3 is 0 Å². The molecule has 2 N–H and O–H groups in total. The van der Waals surface area contributed by atoms with Gasteiger partial charge in [0.05, 0.1) is 11.8 Å². The Balaban J connectivity index is 1.64. The van der Waals surface area contributed by atoms with Crippen LogP contribution in [-0.4, -0.2) is 32.3 Å². The van der Waals surface area contributed by atoms with E-state index in [2.05, 4.69) is 36.8 Å². The van der Waals surface area contributed by atoms with E-state index in [1.807, 2.05) is 44.4 Å². The van der Waals surface area contributed by atoms with E-state index in [4.69, 9.17) is 11.6 Å². The first-order valence-corrected chi connectivity index (χ1v) is 12.5. The lowest BCUT2D eigenvalue weighted by Crippen LogP contribution is -2.28. The number of carbonyl (C=O) groups excluding carboxylic acids is 2. The second kappa shape index (κ2) is 11.2. The number of hydrogen-bond acceptors (Lipinski definition) is 5. The number of anilines is 1. The molecule has 0 spiro atoms. The fourth-order valence-corrected chi connectivity index (χ4v) is 4.57. The zero-order chi connectivity index (χ0) is 24.1. The number of rotatable bonds is 8. The Morgan fingerprint density at radius 1 is 1.12 bits per heavy atom. The molecule has 0 unspecified atom stereocenters. The molecule has 3 rings (SSSR count). The van der Waals surface area contributed by atoms with Crippen LogP contribution < -0.4 is 10.6 Å². The van der Waals surface area contributed by atoms with Crippen LogP contribution in [0.1, 0.15) is 47.2 Å². The highest BCUT2D eigenvalue weighted by atomic mass is 79.9. The highest BCUT2D eigenvalue weighted by molar-refractivity contribution is 9.10. The molecule has 7 nitrogen and oxygen atoms in total. The van der Waals surface area contributed by atoms with Gasteiger partial charge in [-0.05, 0) is 75.2 Å². The van der Waals surface area contributed by atoms with Crippen LogP contribution in [0.25, 0.3) is 0 Å². The summed E-state index contributed by atoms with van der Waals surface area (Å²) in [7, 11) is 0. The van der Waals surface area contributed by atoms with Gasteiger partial charge in [0.1, 0.15) is 0 Å². The van der Waals surface area contributed by atoms with E-state index in [0.29, 0.717) is 28.1 Å². The summed E-state index contributed by atoms with van der Waals surface area (Å²) in [5, 5.41) is 15.6. The summed E-state index contributed by atoms with van der Waals surface area (Å²) in [4.78, 5) is 25.1. The van der Waals surface area contributed by atoms with Crippen molar-refractivity contribution in [2.45, 2.75) is 45.4 Å². The third kappa shape index (κ3) is 6.16. The molecule has 2 aromatic carbocycles. The molecule has 33 heavy (non-hydrogen) atoms. The summed E-state index contributed by atoms with van der Waals surface area (Å²) < 4.78 is 2.91. The van der Waals surface area contributed by atoms with Gasteiger partial charge in [-0.15, -0.1) is 10.2 Å². The highest BCUT2D eigenvalue weighted by Crippen LogP contribution is 2.26. The molecule has 0 aliphatic carbocycles. The summed E-state index contributed by atoms with van der Waals surface area (Å²) in [5.74, 6) is 0.472. The van der Waals surface area contributed by atoms with Crippen LogP contribution in [0.3, 0.4) is 0 Å². The summed E-state index contributed by atoms with van der Waals surface area (Å²) in [6, 6.07) is 10.1. The van der Waals surface area contributed by atoms with Crippen molar-refractivity contribution in [2.75, 3.05) is 11.1 Å². The fourth-order valence-electron chi connectivity index (χ4n) is 3.21. The number of hydrogen-bond donors (Lipinski definition) is 2. The molecule has 3 aromatic rings. The maximum Gasteiger partial charge on any atom is 0.251 e. The van der Waals surface area contributed by atoms with Gasteiger partial charge < -0.3 is 15.2 Å². The molecule has 174 valence electrons. The Morgan fingerprint density at radius 3 is 2.48 bits per heavy atom. The van der Waals surface area contributed by atoms with E-state index in [1.54, 1.807) is 24.3 Å². The Bertz CT molecular complexity index is 1170. The largest absolute Gasteiger partial charge is 0.342 e. The Labute approximate surface area is 210 Å². The number of nitrogens with one attached hydrogen (secondary N) is 2. The second-order valence-corrected chi connectivity index (χ2v) is 9.70. The van der Waals surface area contributed by atoms with Crippen LogP contribution in [0.15, 0.2) is 46.0 Å². The summed E-state index contributed by atoms with van der Waals surface area (Å²) in [6.07, 6.45) is 0. The number of halogens is 2. The third-order valence-electron chi connectivity index (χ3n) is 5.23. The molecule has 0 bridgehead atoms. The van der Waals surface area contributed by atoms with Crippen molar-refractivity contribution in [3.8, 4) is 0 Å². The topological polar surface area (TPSA) is 88.9 Å². The van der Waals surface area contributed by atoms with Crippen molar-refractivity contribution in [1.82, 2.24) is 20.1 Å². The van der Waals surface area contributed by atoms with Gasteiger partial charge in [0.15, 0.2) is 11.0 Å². The van der Waals surface area contributed by atoms with Gasteiger partial charge in [-0.1, -0.05) is 39.3 Å². The molecule has 0 saturated heterocycles. The van der Waals surface area contributed by atoms with E-state index in [1.165, 1.54) is 11.8 Å². The summed E-state index contributed by atoms with van der Waals surface area (Å²) in [6.45, 7) is 8.41. The quantitative estimate of drug-likeness (QED) is 0.359. The van der Waals surface area contributed by atoms with E-state index in [-0.39, 0.29) is 23.6 Å². The number of benzene rings is 2. The number of thioether (sulfide) groups is 1. The first-order chi connectivity index (χ1) is 15.7. The van der Waals surface area contributed by atoms with E-state index in [9.17, 15) is 9.59 Å². The van der Waals surface area contributed by atoms with Crippen LogP contribution in [0.5, 0.6) is 0 Å². The molecular weight excluding hydrogens is 526 g/mol. The first-order valence-electron chi connectivity index (χ1n) is 10.4. The zero-order valence-electron chi connectivity index (χ0n) is 18.8. The zero-order valence-corrected chi connectivity index (χ0v) is 21.9. The van der Waals surface area contributed by atoms with Crippen molar-refractivity contribution in [3.05, 3.63) is 68.4 Å². The van der Waals surface area contributed by atoms with Crippen LogP contribution in [0, 0.1) is 13.8 Å². The molecular formula is C23H25BrClN5O2S. The molecule has 0 fully saturated rings. The van der Waals surface area contributed by atoms with Gasteiger partial charge in [0.2, 0.25) is 5.91 Å². The SMILES string of the molecule is CCn1c(SCC(=O)Nc2ccc(Br)c(C)c2C)nnc1[C@@H](C)NC(=O)c1ccc(Cl)cc1. The maximum atomic E-state index is 12.5. The highest BCUT2D eigenvalue weighted by Gasteiger charge is 2.20. The normalized spacial score (nSPS) is 11.8. The molecule has 2 amide bonds. The number of aromatic nitrogens is 3. The molecule has 0 saturated carbocycles. The molecule has 1 heterocycles. The van der Waals surface area contributed by atoms with Gasteiger partial charge in [-0.2, -0.15) is 0 Å². The smallest absolute Gasteiger partial charge is 0.251 e. The minimum Gasteiger partial charge on any atom is -0.342 e. The Hall–Kier alpha value is -2.36. The minimum atomic E-state index is -0.364. The van der Waals surface area contributed by atoms with Crippen molar-refractivity contribution >= 4 is 56.8 Å². The second-order valence-electron chi connectivity index (χ2n) is 7.47. The average molecular weight is 551 g/mol. The van der Waals surface area contributed by atoms with Crippen LogP contribution >= 0.6 is 39.3 Å². The van der Waals surface area contributed by atoms with E-state index < -0.39 is 0 Å². The number of amides is 2. The predicted molar refractivity (Wildman–Crippen MR) is 136 cm³/mol. The lowest BCUT2D eigenvalue weighted by molar-refractivity contribution is -0.113. The molecule has 0 aliphatic heterocycles. The standard InChI is InChI=1S/C23H25BrClN5O2S/c1-5-30-21(15(4)26-22(32)16-6-8-17(25)9-7-16)28-29-23(30)33-12-20(31)27-19-11-10-18(24)13(2)14(19)3/h6-11,15H,5,12H2,1-4H3,(H,26,32)(H,27,31)/t15-/m1/s1. The Kier molecular flexibility index (Phi) is 8.56. The van der Waals surface area contributed by atoms with E-state index >= 15 is 0 Å². The molecule has 0 aliphatic rings. The van der Waals surface area contributed by atoms with Gasteiger partial charge in [-0.3, -0.25) is 9.59 Å². The maximum absolute atomic E-state index is 12.5. The fraction of sp³-hybridized carbons (Fsp3) is 0.304. The van der Waals surface area contributed by atoms with Crippen LogP contribution in [0.4, 0.5) is 5.69 Å². The van der Waals surface area contributed by atoms with Gasteiger partial charge in [0, 0.05) is 27.3 Å². The third-order valence-corrected chi connectivity index (χ3v) is 7.31. The van der Waals surface area contributed by atoms with Crippen molar-refractivity contribution in [3.63, 3.8) is 0 Å². The van der Waals surface area contributed by atoms with E-state index in [0.717, 1.165) is 21.3 Å². The van der Waals surface area contributed by atoms with Crippen molar-refractivity contribution in [1.29, 1.82) is 0 Å². The molecule has 10 heteroatoms. The van der Waals surface area contributed by atoms with Crippen LogP contribution in [0.2, 0.25) is 5.02 Å². The Morgan fingerprint density at radius 2 is 1.82 bits per heavy atom. The predicted octanol–water partition coefficient (Wildman–Crippen LogP) is 5.55. The molecule has 1 aromatic heterocycles. The number of nitrogens with zero attached hydrogens (tertiary/aromatic N) is 3. The molecule has 0 radical (unpaired) electrons. The monoisotopic (exact) mass is 549 g/mol. The van der Waals surface area contributed by atoms with Gasteiger partial charge in [0.25, 0.3) is 5.91 Å². The first kappa shape index (κ1) is 25.3. The lowest BCUT2D eigenvalue weighted by atomic mass is 10.1. The average Bonchev–Trinajstić information content (AvgIpc) is 3.21. The van der Waals surface area contributed by atoms with Gasteiger partial charge in [-0.25, -0.2) is 0 Å². The number of carbonyl (C=O) groups is 2. The van der Waals surface area contributed by atoms with Crippen molar-refractivity contribution in [2.24, 2.45) is 0 Å². The summed E-state index contributed by atoms with van der Waals surface area (Å²) >= 11 is 10.7. The van der Waals surface area contributed by atoms with Crippen molar-refractivity contribution < 1.29 is 9.59 Å².